The highest BCUT2D eigenvalue weighted by molar-refractivity contribution is 5.96. The number of fused-ring (bicyclic) bond motifs is 1. The van der Waals surface area contributed by atoms with Crippen LogP contribution in [-0.2, 0) is 27.5 Å². The van der Waals surface area contributed by atoms with E-state index in [1.165, 1.54) is 5.06 Å². The molecule has 1 fully saturated rings. The molecule has 6 nitrogen and oxygen atoms in total. The van der Waals surface area contributed by atoms with E-state index in [1.807, 2.05) is 60.8 Å². The van der Waals surface area contributed by atoms with Gasteiger partial charge >= 0.3 is 0 Å². The van der Waals surface area contributed by atoms with Crippen molar-refractivity contribution in [3.63, 3.8) is 0 Å². The van der Waals surface area contributed by atoms with Crippen LogP contribution in [0.2, 0.25) is 0 Å². The lowest BCUT2D eigenvalue weighted by Crippen LogP contribution is -2.62. The van der Waals surface area contributed by atoms with Crippen molar-refractivity contribution < 1.29 is 14.4 Å². The summed E-state index contributed by atoms with van der Waals surface area (Å²) in [5, 5.41) is 5.09. The zero-order valence-corrected chi connectivity index (χ0v) is 15.0. The highest BCUT2D eigenvalue weighted by Crippen LogP contribution is 2.21. The number of hydrogen-bond donors (Lipinski definition) is 2. The maximum absolute atomic E-state index is 12.9. The van der Waals surface area contributed by atoms with Crippen LogP contribution < -0.4 is 5.32 Å². The molecule has 1 aliphatic rings. The zero-order valence-electron chi connectivity index (χ0n) is 15.0. The molecule has 138 valence electrons. The molecule has 2 N–H and O–H groups in total. The second kappa shape index (κ2) is 7.25. The van der Waals surface area contributed by atoms with Gasteiger partial charge in [0.1, 0.15) is 18.7 Å². The van der Waals surface area contributed by atoms with Gasteiger partial charge in [-0.05, 0) is 24.1 Å². The Morgan fingerprint density at radius 2 is 1.78 bits per heavy atom. The van der Waals surface area contributed by atoms with E-state index in [9.17, 15) is 9.59 Å². The number of aromatic nitrogens is 1. The number of nitrogens with one attached hydrogen (secondary N) is 2. The van der Waals surface area contributed by atoms with Gasteiger partial charge in [0.2, 0.25) is 5.91 Å². The average molecular weight is 363 g/mol. The summed E-state index contributed by atoms with van der Waals surface area (Å²) in [6.45, 7) is 1.91. The molecule has 0 saturated carbocycles. The van der Waals surface area contributed by atoms with Crippen molar-refractivity contribution in [3.8, 4) is 0 Å². The van der Waals surface area contributed by atoms with Crippen LogP contribution in [0.1, 0.15) is 18.1 Å². The van der Waals surface area contributed by atoms with Crippen molar-refractivity contribution in [1.82, 2.24) is 15.4 Å². The van der Waals surface area contributed by atoms with Crippen molar-refractivity contribution in [2.75, 3.05) is 0 Å². The minimum Gasteiger partial charge on any atom is -0.361 e. The lowest BCUT2D eigenvalue weighted by molar-refractivity contribution is -0.213. The third-order valence-corrected chi connectivity index (χ3v) is 4.88. The quantitative estimate of drug-likeness (QED) is 0.732. The van der Waals surface area contributed by atoms with Gasteiger partial charge in [-0.15, -0.1) is 0 Å². The number of H-pyrrole nitrogens is 1. The Morgan fingerprint density at radius 1 is 1.04 bits per heavy atom. The number of benzene rings is 2. The van der Waals surface area contributed by atoms with Crippen LogP contribution in [0.5, 0.6) is 0 Å². The topological polar surface area (TPSA) is 74.4 Å². The molecule has 2 atom stereocenters. The average Bonchev–Trinajstić information content (AvgIpc) is 3.10. The van der Waals surface area contributed by atoms with E-state index in [1.54, 1.807) is 6.92 Å². The van der Waals surface area contributed by atoms with Gasteiger partial charge in [-0.2, -0.15) is 0 Å². The minimum absolute atomic E-state index is 0.215. The highest BCUT2D eigenvalue weighted by atomic mass is 16.7. The van der Waals surface area contributed by atoms with E-state index < -0.39 is 12.1 Å². The molecule has 2 aromatic carbocycles. The molecule has 2 amide bonds. The van der Waals surface area contributed by atoms with Gasteiger partial charge in [0.05, 0.1) is 0 Å². The zero-order chi connectivity index (χ0) is 18.8. The van der Waals surface area contributed by atoms with Crippen molar-refractivity contribution in [2.24, 2.45) is 0 Å². The number of piperazine rings is 1. The first-order valence-corrected chi connectivity index (χ1v) is 8.99. The third kappa shape index (κ3) is 3.44. The molecule has 4 rings (SSSR count). The molecular weight excluding hydrogens is 342 g/mol. The molecule has 6 heteroatoms. The Bertz CT molecular complexity index is 967. The van der Waals surface area contributed by atoms with E-state index in [4.69, 9.17) is 4.84 Å². The molecule has 1 saturated heterocycles. The van der Waals surface area contributed by atoms with Crippen LogP contribution in [0, 0.1) is 0 Å². The monoisotopic (exact) mass is 363 g/mol. The van der Waals surface area contributed by atoms with E-state index in [0.29, 0.717) is 6.42 Å². The molecule has 27 heavy (non-hydrogen) atoms. The first kappa shape index (κ1) is 17.3. The lowest BCUT2D eigenvalue weighted by atomic mass is 10.0. The molecule has 0 spiro atoms. The van der Waals surface area contributed by atoms with Gasteiger partial charge in [-0.3, -0.25) is 14.4 Å². The lowest BCUT2D eigenvalue weighted by Gasteiger charge is -2.36. The van der Waals surface area contributed by atoms with E-state index >= 15 is 0 Å². The maximum Gasteiger partial charge on any atom is 0.269 e. The van der Waals surface area contributed by atoms with Crippen LogP contribution in [-0.4, -0.2) is 33.9 Å². The summed E-state index contributed by atoms with van der Waals surface area (Å²) >= 11 is 0. The number of hydrogen-bond acceptors (Lipinski definition) is 3. The normalized spacial score (nSPS) is 20.1. The second-order valence-electron chi connectivity index (χ2n) is 6.72. The van der Waals surface area contributed by atoms with Gasteiger partial charge in [-0.25, -0.2) is 5.06 Å². The summed E-state index contributed by atoms with van der Waals surface area (Å²) in [7, 11) is 0. The summed E-state index contributed by atoms with van der Waals surface area (Å²) in [4.78, 5) is 34.2. The van der Waals surface area contributed by atoms with Gasteiger partial charge < -0.3 is 10.3 Å². The van der Waals surface area contributed by atoms with Crippen LogP contribution in [0.15, 0.2) is 60.8 Å². The summed E-state index contributed by atoms with van der Waals surface area (Å²) in [6, 6.07) is 16.2. The molecule has 0 bridgehead atoms. The van der Waals surface area contributed by atoms with E-state index in [-0.39, 0.29) is 18.4 Å². The molecule has 0 radical (unpaired) electrons. The number of nitrogens with zero attached hydrogens (tertiary/aromatic N) is 1. The Kier molecular flexibility index (Phi) is 4.64. The fraction of sp³-hybridized carbons (Fsp3) is 0.238. The number of carbonyl (C=O) groups is 2. The van der Waals surface area contributed by atoms with Gasteiger partial charge in [0.15, 0.2) is 0 Å². The smallest absolute Gasteiger partial charge is 0.269 e. The summed E-state index contributed by atoms with van der Waals surface area (Å²) in [6.07, 6.45) is 2.30. The minimum atomic E-state index is -0.666. The van der Waals surface area contributed by atoms with Crippen LogP contribution in [0.25, 0.3) is 10.9 Å². The number of carbonyl (C=O) groups excluding carboxylic acids is 2. The molecule has 1 aromatic heterocycles. The maximum atomic E-state index is 12.9. The number of rotatable bonds is 5. The van der Waals surface area contributed by atoms with Crippen molar-refractivity contribution in [2.45, 2.75) is 32.0 Å². The first-order valence-electron chi connectivity index (χ1n) is 8.99. The van der Waals surface area contributed by atoms with E-state index in [2.05, 4.69) is 10.3 Å². The fourth-order valence-electron chi connectivity index (χ4n) is 3.36. The molecule has 0 unspecified atom stereocenters. The molecule has 3 aromatic rings. The Labute approximate surface area is 157 Å². The highest BCUT2D eigenvalue weighted by Gasteiger charge is 2.39. The standard InChI is InChI=1S/C21H21N3O3/c1-14-20(25)23-19(11-16-12-22-18-10-6-5-9-17(16)18)21(26)24(14)27-13-15-7-3-2-4-8-15/h2-10,12,14,19,22H,11,13H2,1H3,(H,23,25)/t14-,19+/m1/s1. The van der Waals surface area contributed by atoms with E-state index in [0.717, 1.165) is 22.0 Å². The van der Waals surface area contributed by atoms with Crippen LogP contribution in [0.3, 0.4) is 0 Å². The predicted octanol–water partition coefficient (Wildman–Crippen LogP) is 2.56. The number of aromatic amines is 1. The fourth-order valence-corrected chi connectivity index (χ4v) is 3.36. The molecule has 0 aliphatic carbocycles. The summed E-state index contributed by atoms with van der Waals surface area (Å²) in [5.41, 5.74) is 2.94. The Morgan fingerprint density at radius 3 is 2.59 bits per heavy atom. The summed E-state index contributed by atoms with van der Waals surface area (Å²) < 4.78 is 0. The van der Waals surface area contributed by atoms with Gasteiger partial charge in [0.25, 0.3) is 5.91 Å². The number of hydroxylamine groups is 2. The van der Waals surface area contributed by atoms with Crippen LogP contribution in [0.4, 0.5) is 0 Å². The first-order chi connectivity index (χ1) is 13.1. The van der Waals surface area contributed by atoms with Gasteiger partial charge in [0, 0.05) is 23.5 Å². The van der Waals surface area contributed by atoms with Crippen molar-refractivity contribution in [3.05, 3.63) is 71.9 Å². The Hall–Kier alpha value is -3.12. The largest absolute Gasteiger partial charge is 0.361 e. The SMILES string of the molecule is C[C@@H]1C(=O)N[C@@H](Cc2c[nH]c3ccccc23)C(=O)N1OCc1ccccc1. The molecule has 1 aliphatic heterocycles. The summed E-state index contributed by atoms with van der Waals surface area (Å²) in [5.74, 6) is -0.448. The van der Waals surface area contributed by atoms with Crippen LogP contribution >= 0.6 is 0 Å². The second-order valence-corrected chi connectivity index (χ2v) is 6.72. The van der Waals surface area contributed by atoms with Gasteiger partial charge in [-0.1, -0.05) is 48.5 Å². The molecule has 2 heterocycles. The number of amides is 2. The predicted molar refractivity (Wildman–Crippen MR) is 101 cm³/mol. The Balaban J connectivity index is 1.51. The third-order valence-electron chi connectivity index (χ3n) is 4.88. The van der Waals surface area contributed by atoms with Crippen molar-refractivity contribution >= 4 is 22.7 Å². The molecular formula is C21H21N3O3. The number of para-hydroxylation sites is 1. The van der Waals surface area contributed by atoms with Crippen molar-refractivity contribution in [1.29, 1.82) is 0 Å².